The van der Waals surface area contributed by atoms with Gasteiger partial charge in [-0.15, -0.1) is 0 Å². The highest BCUT2D eigenvalue weighted by Crippen LogP contribution is 2.38. The number of hydrogen-bond donors (Lipinski definition) is 0. The molecule has 3 rings (SSSR count). The third kappa shape index (κ3) is 2.64. The molecule has 0 unspecified atom stereocenters. The first-order valence-corrected chi connectivity index (χ1v) is 6.35. The van der Waals surface area contributed by atoms with Crippen LogP contribution in [-0.4, -0.2) is 22.5 Å². The molecule has 7 nitrogen and oxygen atoms in total. The fraction of sp³-hybridized carbons (Fsp3) is 0.0667. The highest BCUT2D eigenvalue weighted by atomic mass is 16.7. The molecule has 0 radical (unpaired) electrons. The number of aromatic nitrogens is 1. The maximum absolute atomic E-state index is 12.0. The summed E-state index contributed by atoms with van der Waals surface area (Å²) in [4.78, 5) is 26.4. The van der Waals surface area contributed by atoms with Crippen molar-refractivity contribution in [1.29, 1.82) is 0 Å². The number of carbonyl (C=O) groups excluding carboxylic acids is 1. The Morgan fingerprint density at radius 3 is 2.77 bits per heavy atom. The van der Waals surface area contributed by atoms with Gasteiger partial charge in [-0.05, 0) is 30.4 Å². The Labute approximate surface area is 125 Å². The van der Waals surface area contributed by atoms with E-state index < -0.39 is 4.92 Å². The second-order valence-corrected chi connectivity index (χ2v) is 4.46. The summed E-state index contributed by atoms with van der Waals surface area (Å²) in [5.41, 5.74) is 0.521. The SMILES string of the molecule is O=C(/C=C/c1cc2c(cc1[N+](=O)[O-])OCO2)c1cccnc1. The van der Waals surface area contributed by atoms with Crippen molar-refractivity contribution < 1.29 is 19.2 Å². The quantitative estimate of drug-likeness (QED) is 0.373. The average molecular weight is 298 g/mol. The molecule has 0 atom stereocenters. The van der Waals surface area contributed by atoms with E-state index in [1.54, 1.807) is 18.3 Å². The Morgan fingerprint density at radius 2 is 2.09 bits per heavy atom. The van der Waals surface area contributed by atoms with Gasteiger partial charge in [-0.25, -0.2) is 0 Å². The molecule has 1 aliphatic heterocycles. The van der Waals surface area contributed by atoms with E-state index in [9.17, 15) is 14.9 Å². The molecule has 2 aromatic rings. The van der Waals surface area contributed by atoms with Crippen LogP contribution in [0.1, 0.15) is 15.9 Å². The zero-order chi connectivity index (χ0) is 15.5. The van der Waals surface area contributed by atoms with Gasteiger partial charge in [0.25, 0.3) is 5.69 Å². The monoisotopic (exact) mass is 298 g/mol. The van der Waals surface area contributed by atoms with Gasteiger partial charge in [-0.1, -0.05) is 0 Å². The Kier molecular flexibility index (Phi) is 3.53. The predicted octanol–water partition coefficient (Wildman–Crippen LogP) is 2.61. The number of nitro groups is 1. The number of pyridine rings is 1. The topological polar surface area (TPSA) is 91.6 Å². The van der Waals surface area contributed by atoms with Gasteiger partial charge in [0, 0.05) is 18.0 Å². The van der Waals surface area contributed by atoms with Crippen LogP contribution in [0.3, 0.4) is 0 Å². The third-order valence-corrected chi connectivity index (χ3v) is 3.08. The third-order valence-electron chi connectivity index (χ3n) is 3.08. The van der Waals surface area contributed by atoms with E-state index in [1.807, 2.05) is 0 Å². The second-order valence-electron chi connectivity index (χ2n) is 4.46. The van der Waals surface area contributed by atoms with Crippen LogP contribution in [0.2, 0.25) is 0 Å². The van der Waals surface area contributed by atoms with Crippen molar-refractivity contribution >= 4 is 17.5 Å². The van der Waals surface area contributed by atoms with Crippen LogP contribution in [0.5, 0.6) is 11.5 Å². The summed E-state index contributed by atoms with van der Waals surface area (Å²) in [7, 11) is 0. The zero-order valence-corrected chi connectivity index (χ0v) is 11.3. The fourth-order valence-corrected chi connectivity index (χ4v) is 2.01. The van der Waals surface area contributed by atoms with Gasteiger partial charge in [-0.3, -0.25) is 19.9 Å². The van der Waals surface area contributed by atoms with E-state index in [0.29, 0.717) is 17.1 Å². The van der Waals surface area contributed by atoms with E-state index in [-0.39, 0.29) is 23.8 Å². The van der Waals surface area contributed by atoms with Crippen molar-refractivity contribution in [3.05, 3.63) is 64.0 Å². The predicted molar refractivity (Wildman–Crippen MR) is 76.8 cm³/mol. The Balaban J connectivity index is 1.93. The summed E-state index contributed by atoms with van der Waals surface area (Å²) >= 11 is 0. The number of carbonyl (C=O) groups is 1. The molecule has 7 heteroatoms. The molecule has 0 saturated heterocycles. The van der Waals surface area contributed by atoms with Crippen LogP contribution in [0.25, 0.3) is 6.08 Å². The van der Waals surface area contributed by atoms with Crippen LogP contribution < -0.4 is 9.47 Å². The number of allylic oxidation sites excluding steroid dienone is 1. The molecule has 1 aromatic heterocycles. The molecule has 0 bridgehead atoms. The van der Waals surface area contributed by atoms with Crippen molar-refractivity contribution in [3.63, 3.8) is 0 Å². The van der Waals surface area contributed by atoms with Gasteiger partial charge in [-0.2, -0.15) is 0 Å². The minimum atomic E-state index is -0.532. The number of benzene rings is 1. The van der Waals surface area contributed by atoms with Gasteiger partial charge < -0.3 is 9.47 Å². The number of hydrogen-bond acceptors (Lipinski definition) is 6. The number of ketones is 1. The first-order chi connectivity index (χ1) is 10.6. The van der Waals surface area contributed by atoms with Gasteiger partial charge in [0.1, 0.15) is 0 Å². The lowest BCUT2D eigenvalue weighted by Crippen LogP contribution is -1.95. The molecule has 1 aromatic carbocycles. The van der Waals surface area contributed by atoms with Crippen molar-refractivity contribution in [2.75, 3.05) is 6.79 Å². The summed E-state index contributed by atoms with van der Waals surface area (Å²) in [6.45, 7) is 0.0221. The lowest BCUT2D eigenvalue weighted by Gasteiger charge is -2.01. The normalized spacial score (nSPS) is 12.5. The molecule has 0 amide bonds. The fourth-order valence-electron chi connectivity index (χ4n) is 2.01. The summed E-state index contributed by atoms with van der Waals surface area (Å²) in [5.74, 6) is 0.446. The molecule has 110 valence electrons. The Hall–Kier alpha value is -3.22. The number of ether oxygens (including phenoxy) is 2. The lowest BCUT2D eigenvalue weighted by atomic mass is 10.1. The molecule has 2 heterocycles. The minimum absolute atomic E-state index is 0.0221. The van der Waals surface area contributed by atoms with Gasteiger partial charge in [0.05, 0.1) is 16.6 Å². The number of nitro benzene ring substituents is 1. The zero-order valence-electron chi connectivity index (χ0n) is 11.3. The van der Waals surface area contributed by atoms with Crippen LogP contribution in [-0.2, 0) is 0 Å². The van der Waals surface area contributed by atoms with Crippen LogP contribution >= 0.6 is 0 Å². The standard InChI is InChI=1S/C15H10N2O5/c18-13(11-2-1-5-16-8-11)4-3-10-6-14-15(22-9-21-14)7-12(10)17(19)20/h1-8H,9H2/b4-3+. The van der Waals surface area contributed by atoms with Crippen molar-refractivity contribution in [2.45, 2.75) is 0 Å². The van der Waals surface area contributed by atoms with E-state index in [0.717, 1.165) is 0 Å². The van der Waals surface area contributed by atoms with E-state index in [2.05, 4.69) is 4.98 Å². The van der Waals surface area contributed by atoms with Crippen molar-refractivity contribution in [1.82, 2.24) is 4.98 Å². The largest absolute Gasteiger partial charge is 0.454 e. The minimum Gasteiger partial charge on any atom is -0.454 e. The van der Waals surface area contributed by atoms with Gasteiger partial charge in [0.2, 0.25) is 6.79 Å². The Morgan fingerprint density at radius 1 is 1.32 bits per heavy atom. The summed E-state index contributed by atoms with van der Waals surface area (Å²) < 4.78 is 10.3. The van der Waals surface area contributed by atoms with Crippen molar-refractivity contribution in [3.8, 4) is 11.5 Å². The maximum Gasteiger partial charge on any atom is 0.280 e. The van der Waals surface area contributed by atoms with Gasteiger partial charge in [0.15, 0.2) is 17.3 Å². The number of nitrogens with zero attached hydrogens (tertiary/aromatic N) is 2. The molecule has 0 N–H and O–H groups in total. The second kappa shape index (κ2) is 5.65. The molecule has 0 fully saturated rings. The first kappa shape index (κ1) is 13.7. The molecule has 1 aliphatic rings. The van der Waals surface area contributed by atoms with Crippen LogP contribution in [0.15, 0.2) is 42.7 Å². The molecule has 22 heavy (non-hydrogen) atoms. The molecule has 0 aliphatic carbocycles. The smallest absolute Gasteiger partial charge is 0.280 e. The van der Waals surface area contributed by atoms with Crippen LogP contribution in [0.4, 0.5) is 5.69 Å². The maximum atomic E-state index is 12.0. The average Bonchev–Trinajstić information content (AvgIpc) is 2.99. The van der Waals surface area contributed by atoms with E-state index >= 15 is 0 Å². The number of fused-ring (bicyclic) bond motifs is 1. The number of rotatable bonds is 4. The van der Waals surface area contributed by atoms with E-state index in [4.69, 9.17) is 9.47 Å². The highest BCUT2D eigenvalue weighted by molar-refractivity contribution is 6.06. The Bertz CT molecular complexity index is 771. The summed E-state index contributed by atoms with van der Waals surface area (Å²) in [5, 5.41) is 11.1. The van der Waals surface area contributed by atoms with Gasteiger partial charge >= 0.3 is 0 Å². The summed E-state index contributed by atoms with van der Waals surface area (Å²) in [6, 6.07) is 6.03. The summed E-state index contributed by atoms with van der Waals surface area (Å²) in [6.07, 6.45) is 5.64. The molecule has 0 saturated carbocycles. The van der Waals surface area contributed by atoms with Crippen molar-refractivity contribution in [2.24, 2.45) is 0 Å². The molecular weight excluding hydrogens is 288 g/mol. The lowest BCUT2D eigenvalue weighted by molar-refractivity contribution is -0.385. The molecular formula is C15H10N2O5. The first-order valence-electron chi connectivity index (χ1n) is 6.35. The van der Waals surface area contributed by atoms with E-state index in [1.165, 1.54) is 30.5 Å². The van der Waals surface area contributed by atoms with Crippen LogP contribution in [0, 0.1) is 10.1 Å². The molecule has 0 spiro atoms. The highest BCUT2D eigenvalue weighted by Gasteiger charge is 2.22.